The fourth-order valence-electron chi connectivity index (χ4n) is 2.03. The van der Waals surface area contributed by atoms with Crippen LogP contribution >= 0.6 is 0 Å². The molecule has 1 aromatic rings. The van der Waals surface area contributed by atoms with E-state index < -0.39 is 30.5 Å². The standard InChI is InChI=1S/C17H23NO6/c1-5-11(3)15(17(22)23-4)18-14(20)9-24-16(21)12-7-6-10(2)8-13(12)19/h6-8,11,15,19H,5,9H2,1-4H3,(H,18,20)/t11-,15-/m1/s1. The molecule has 24 heavy (non-hydrogen) atoms. The highest BCUT2D eigenvalue weighted by Crippen LogP contribution is 2.19. The topological polar surface area (TPSA) is 102 Å². The molecule has 1 aromatic carbocycles. The lowest BCUT2D eigenvalue weighted by Gasteiger charge is -2.21. The van der Waals surface area contributed by atoms with Gasteiger partial charge in [0.1, 0.15) is 17.4 Å². The summed E-state index contributed by atoms with van der Waals surface area (Å²) in [6.45, 7) is 4.89. The zero-order valence-electron chi connectivity index (χ0n) is 14.3. The lowest BCUT2D eigenvalue weighted by atomic mass is 9.99. The fraction of sp³-hybridized carbons (Fsp3) is 0.471. The predicted octanol–water partition coefficient (Wildman–Crippen LogP) is 1.56. The molecule has 132 valence electrons. The lowest BCUT2D eigenvalue weighted by Crippen LogP contribution is -2.47. The number of benzene rings is 1. The Kier molecular flexibility index (Phi) is 7.23. The molecule has 0 aliphatic rings. The maximum absolute atomic E-state index is 11.9. The fourth-order valence-corrected chi connectivity index (χ4v) is 2.03. The Morgan fingerprint density at radius 2 is 1.96 bits per heavy atom. The molecule has 1 amide bonds. The van der Waals surface area contributed by atoms with Crippen molar-refractivity contribution in [2.24, 2.45) is 5.92 Å². The van der Waals surface area contributed by atoms with E-state index in [9.17, 15) is 19.5 Å². The molecule has 0 saturated heterocycles. The van der Waals surface area contributed by atoms with E-state index in [-0.39, 0.29) is 17.2 Å². The van der Waals surface area contributed by atoms with Crippen molar-refractivity contribution in [2.45, 2.75) is 33.2 Å². The molecular weight excluding hydrogens is 314 g/mol. The molecule has 0 unspecified atom stereocenters. The van der Waals surface area contributed by atoms with Crippen LogP contribution in [0.25, 0.3) is 0 Å². The third kappa shape index (κ3) is 5.26. The number of ether oxygens (including phenoxy) is 2. The first-order valence-electron chi connectivity index (χ1n) is 7.64. The molecule has 0 heterocycles. The van der Waals surface area contributed by atoms with Crippen molar-refractivity contribution in [3.05, 3.63) is 29.3 Å². The van der Waals surface area contributed by atoms with E-state index in [4.69, 9.17) is 4.74 Å². The van der Waals surface area contributed by atoms with Crippen molar-refractivity contribution in [2.75, 3.05) is 13.7 Å². The highest BCUT2D eigenvalue weighted by atomic mass is 16.5. The summed E-state index contributed by atoms with van der Waals surface area (Å²) in [4.78, 5) is 35.5. The second-order valence-corrected chi connectivity index (χ2v) is 5.55. The molecule has 7 nitrogen and oxygen atoms in total. The van der Waals surface area contributed by atoms with Gasteiger partial charge in [-0.25, -0.2) is 9.59 Å². The largest absolute Gasteiger partial charge is 0.507 e. The van der Waals surface area contributed by atoms with E-state index in [1.807, 2.05) is 6.92 Å². The lowest BCUT2D eigenvalue weighted by molar-refractivity contribution is -0.147. The van der Waals surface area contributed by atoms with Gasteiger partial charge in [-0.3, -0.25) is 4.79 Å². The number of amides is 1. The van der Waals surface area contributed by atoms with E-state index in [1.165, 1.54) is 19.2 Å². The van der Waals surface area contributed by atoms with Crippen LogP contribution in [0.4, 0.5) is 0 Å². The van der Waals surface area contributed by atoms with Gasteiger partial charge in [0.25, 0.3) is 5.91 Å². The van der Waals surface area contributed by atoms with Crippen LogP contribution in [0.15, 0.2) is 18.2 Å². The van der Waals surface area contributed by atoms with Crippen LogP contribution in [0.3, 0.4) is 0 Å². The second-order valence-electron chi connectivity index (χ2n) is 5.55. The zero-order valence-corrected chi connectivity index (χ0v) is 14.3. The minimum atomic E-state index is -0.819. The SMILES string of the molecule is CC[C@@H](C)[C@@H](NC(=O)COC(=O)c1ccc(C)cc1O)C(=O)OC. The number of esters is 2. The van der Waals surface area contributed by atoms with E-state index >= 15 is 0 Å². The van der Waals surface area contributed by atoms with Crippen LogP contribution in [0.2, 0.25) is 0 Å². The van der Waals surface area contributed by atoms with Crippen LogP contribution in [0.5, 0.6) is 5.75 Å². The molecule has 0 aliphatic carbocycles. The van der Waals surface area contributed by atoms with Crippen molar-refractivity contribution >= 4 is 17.8 Å². The maximum atomic E-state index is 11.9. The number of hydrogen-bond acceptors (Lipinski definition) is 6. The monoisotopic (exact) mass is 337 g/mol. The van der Waals surface area contributed by atoms with Crippen molar-refractivity contribution in [1.82, 2.24) is 5.32 Å². The van der Waals surface area contributed by atoms with Crippen LogP contribution in [0.1, 0.15) is 36.2 Å². The molecule has 0 aliphatic heterocycles. The quantitative estimate of drug-likeness (QED) is 0.732. The molecule has 0 fully saturated rings. The number of carbonyl (C=O) groups is 3. The predicted molar refractivity (Wildman–Crippen MR) is 86.5 cm³/mol. The van der Waals surface area contributed by atoms with Gasteiger partial charge < -0.3 is 19.9 Å². The van der Waals surface area contributed by atoms with Crippen molar-refractivity contribution in [1.29, 1.82) is 0 Å². The molecule has 2 atom stereocenters. The number of aryl methyl sites for hydroxylation is 1. The number of methoxy groups -OCH3 is 1. The number of phenolic OH excluding ortho intramolecular Hbond substituents is 1. The van der Waals surface area contributed by atoms with Gasteiger partial charge in [0.05, 0.1) is 7.11 Å². The highest BCUT2D eigenvalue weighted by Gasteiger charge is 2.27. The Balaban J connectivity index is 2.64. The molecule has 7 heteroatoms. The Morgan fingerprint density at radius 1 is 1.29 bits per heavy atom. The molecule has 0 bridgehead atoms. The van der Waals surface area contributed by atoms with Gasteiger partial charge in [0.2, 0.25) is 0 Å². The van der Waals surface area contributed by atoms with Crippen LogP contribution < -0.4 is 5.32 Å². The molecular formula is C17H23NO6. The average Bonchev–Trinajstić information content (AvgIpc) is 2.56. The molecule has 1 rings (SSSR count). The average molecular weight is 337 g/mol. The highest BCUT2D eigenvalue weighted by molar-refractivity contribution is 5.94. The van der Waals surface area contributed by atoms with Crippen LogP contribution in [-0.4, -0.2) is 42.7 Å². The summed E-state index contributed by atoms with van der Waals surface area (Å²) in [5.41, 5.74) is 0.760. The first-order valence-corrected chi connectivity index (χ1v) is 7.64. The smallest absolute Gasteiger partial charge is 0.342 e. The Morgan fingerprint density at radius 3 is 2.50 bits per heavy atom. The van der Waals surface area contributed by atoms with Gasteiger partial charge in [-0.05, 0) is 30.5 Å². The second kappa shape index (κ2) is 8.90. The van der Waals surface area contributed by atoms with E-state index in [0.29, 0.717) is 6.42 Å². The number of carbonyl (C=O) groups excluding carboxylic acids is 3. The number of aromatic hydroxyl groups is 1. The van der Waals surface area contributed by atoms with Gasteiger partial charge in [0, 0.05) is 0 Å². The Hall–Kier alpha value is -2.57. The van der Waals surface area contributed by atoms with Crippen LogP contribution in [0, 0.1) is 12.8 Å². The first-order chi connectivity index (χ1) is 11.3. The molecule has 0 radical (unpaired) electrons. The van der Waals surface area contributed by atoms with Gasteiger partial charge in [-0.2, -0.15) is 0 Å². The summed E-state index contributed by atoms with van der Waals surface area (Å²) < 4.78 is 9.54. The summed E-state index contributed by atoms with van der Waals surface area (Å²) in [5, 5.41) is 12.2. The Labute approximate surface area is 141 Å². The molecule has 0 aromatic heterocycles. The number of hydrogen-bond donors (Lipinski definition) is 2. The van der Waals surface area contributed by atoms with Crippen molar-refractivity contribution < 1.29 is 29.0 Å². The Bertz CT molecular complexity index is 613. The van der Waals surface area contributed by atoms with E-state index in [2.05, 4.69) is 10.1 Å². The summed E-state index contributed by atoms with van der Waals surface area (Å²) in [7, 11) is 1.24. The number of nitrogens with one attached hydrogen (secondary N) is 1. The summed E-state index contributed by atoms with van der Waals surface area (Å²) in [6, 6.07) is 3.68. The summed E-state index contributed by atoms with van der Waals surface area (Å²) >= 11 is 0. The van der Waals surface area contributed by atoms with Crippen LogP contribution in [-0.2, 0) is 19.1 Å². The molecule has 0 spiro atoms. The summed E-state index contributed by atoms with van der Waals surface area (Å²) in [5.74, 6) is -2.34. The number of phenols is 1. The van der Waals surface area contributed by atoms with Gasteiger partial charge >= 0.3 is 11.9 Å². The minimum absolute atomic E-state index is 0.0279. The molecule has 0 saturated carbocycles. The van der Waals surface area contributed by atoms with E-state index in [1.54, 1.807) is 19.9 Å². The maximum Gasteiger partial charge on any atom is 0.342 e. The van der Waals surface area contributed by atoms with E-state index in [0.717, 1.165) is 5.56 Å². The van der Waals surface area contributed by atoms with Crippen molar-refractivity contribution in [3.8, 4) is 5.75 Å². The normalized spacial score (nSPS) is 12.8. The van der Waals surface area contributed by atoms with Gasteiger partial charge in [-0.15, -0.1) is 0 Å². The third-order valence-corrected chi connectivity index (χ3v) is 3.69. The van der Waals surface area contributed by atoms with Gasteiger partial charge in [-0.1, -0.05) is 26.3 Å². The molecule has 2 N–H and O–H groups in total. The van der Waals surface area contributed by atoms with Gasteiger partial charge in [0.15, 0.2) is 6.61 Å². The third-order valence-electron chi connectivity index (χ3n) is 3.69. The van der Waals surface area contributed by atoms with Crippen molar-refractivity contribution in [3.63, 3.8) is 0 Å². The minimum Gasteiger partial charge on any atom is -0.507 e. The first kappa shape index (κ1) is 19.5. The number of rotatable bonds is 7. The summed E-state index contributed by atoms with van der Waals surface area (Å²) in [6.07, 6.45) is 0.664. The zero-order chi connectivity index (χ0) is 18.3.